The molecule has 4 aromatic carbocycles. The summed E-state index contributed by atoms with van der Waals surface area (Å²) in [5, 5.41) is 14.0. The van der Waals surface area contributed by atoms with E-state index >= 15 is 0 Å². The van der Waals surface area contributed by atoms with Crippen molar-refractivity contribution in [3.8, 4) is 17.2 Å². The van der Waals surface area contributed by atoms with Gasteiger partial charge in [-0.2, -0.15) is 38.8 Å². The van der Waals surface area contributed by atoms with Gasteiger partial charge in [-0.3, -0.25) is 32.8 Å². The van der Waals surface area contributed by atoms with E-state index < -0.39 is 72.0 Å². The molecule has 21 nitrogen and oxygen atoms in total. The number of nitrogens with zero attached hydrogens (tertiary/aromatic N) is 5. The van der Waals surface area contributed by atoms with Crippen molar-refractivity contribution in [1.29, 1.82) is 0 Å². The van der Waals surface area contributed by atoms with Gasteiger partial charge in [0.1, 0.15) is 32.2 Å². The van der Waals surface area contributed by atoms with Crippen LogP contribution in [0.15, 0.2) is 90.9 Å². The van der Waals surface area contributed by atoms with Crippen LogP contribution in [0.1, 0.15) is 44.7 Å². The third-order valence-electron chi connectivity index (χ3n) is 8.83. The molecule has 25 heteroatoms. The molecule has 0 fully saturated rings. The number of ether oxygens (including phenoxy) is 2. The number of allylic oxidation sites excluding steroid dienone is 3. The second kappa shape index (κ2) is 15.6. The van der Waals surface area contributed by atoms with Crippen molar-refractivity contribution < 1.29 is 70.9 Å². The Hall–Kier alpha value is -5.93. The normalized spacial score (nSPS) is 14.8. The maximum atomic E-state index is 12.8. The topological polar surface area (TPSA) is 316 Å². The number of hydrazone groups is 1. The van der Waals surface area contributed by atoms with Crippen molar-refractivity contribution in [1.82, 2.24) is 15.0 Å². The summed E-state index contributed by atoms with van der Waals surface area (Å²) in [6.07, 6.45) is 3.92. The molecule has 0 unspecified atom stereocenters. The monoisotopic (exact) mass is 905 g/mol. The molecule has 60 heavy (non-hydrogen) atoms. The zero-order valence-corrected chi connectivity index (χ0v) is 34.6. The number of hydrogen-bond donors (Lipinski definition) is 4. The highest BCUT2D eigenvalue weighted by atomic mass is 32.2. The van der Waals surface area contributed by atoms with E-state index in [1.54, 1.807) is 6.92 Å². The van der Waals surface area contributed by atoms with Crippen molar-refractivity contribution in [2.24, 2.45) is 5.10 Å². The van der Waals surface area contributed by atoms with Crippen LogP contribution >= 0.6 is 0 Å². The molecule has 4 N–H and O–H groups in total. The SMILES string of the molecule is CC=C1C=Cc2c(cc(S(=O)(=O)O)cc2S(=O)(=O)O)/C1=N/N(C)c1cc(OC(=O)CC)c(-n2nc3ccc4c(S(=O)(=O)O)cc(S(=O)(=O)O)cc4c3n2)cc1OC(=O)CC. The summed E-state index contributed by atoms with van der Waals surface area (Å²) < 4.78 is 149. The van der Waals surface area contributed by atoms with Gasteiger partial charge in [-0.25, -0.2) is 0 Å². The highest BCUT2D eigenvalue weighted by Crippen LogP contribution is 2.40. The molecule has 5 aromatic rings. The highest BCUT2D eigenvalue weighted by Gasteiger charge is 2.30. The van der Waals surface area contributed by atoms with Gasteiger partial charge in [0.05, 0.1) is 15.5 Å². The minimum atomic E-state index is -5.08. The van der Waals surface area contributed by atoms with Crippen LogP contribution in [0.4, 0.5) is 5.69 Å². The van der Waals surface area contributed by atoms with E-state index in [4.69, 9.17) is 9.47 Å². The Labute approximate surface area is 341 Å². The van der Waals surface area contributed by atoms with E-state index in [9.17, 15) is 61.5 Å². The number of anilines is 1. The third kappa shape index (κ3) is 8.54. The Morgan fingerprint density at radius 1 is 0.733 bits per heavy atom. The summed E-state index contributed by atoms with van der Waals surface area (Å²) in [5.74, 6) is -2.13. The van der Waals surface area contributed by atoms with Gasteiger partial charge < -0.3 is 9.47 Å². The van der Waals surface area contributed by atoms with Gasteiger partial charge in [-0.15, -0.1) is 15.0 Å². The van der Waals surface area contributed by atoms with Gasteiger partial charge in [-0.1, -0.05) is 38.1 Å². The highest BCUT2D eigenvalue weighted by molar-refractivity contribution is 7.87. The maximum Gasteiger partial charge on any atom is 0.310 e. The van der Waals surface area contributed by atoms with Crippen LogP contribution in [0.25, 0.3) is 33.6 Å². The Morgan fingerprint density at radius 2 is 1.32 bits per heavy atom. The van der Waals surface area contributed by atoms with Crippen LogP contribution in [0, 0.1) is 0 Å². The summed E-state index contributed by atoms with van der Waals surface area (Å²) in [7, 11) is -18.9. The fourth-order valence-electron chi connectivity index (χ4n) is 6.01. The Bertz CT molecular complexity index is 3250. The molecule has 0 saturated carbocycles. The van der Waals surface area contributed by atoms with E-state index in [0.29, 0.717) is 17.7 Å². The number of rotatable bonds is 11. The number of esters is 2. The minimum Gasteiger partial charge on any atom is -0.424 e. The molecule has 1 heterocycles. The molecule has 316 valence electrons. The lowest BCUT2D eigenvalue weighted by atomic mass is 9.91. The number of aromatic nitrogens is 3. The van der Waals surface area contributed by atoms with Gasteiger partial charge in [0.15, 0.2) is 11.5 Å². The molecule has 1 aromatic heterocycles. The maximum absolute atomic E-state index is 12.8. The van der Waals surface area contributed by atoms with Crippen LogP contribution in [0.2, 0.25) is 0 Å². The lowest BCUT2D eigenvalue weighted by molar-refractivity contribution is -0.135. The average Bonchev–Trinajstić information content (AvgIpc) is 3.60. The summed E-state index contributed by atoms with van der Waals surface area (Å²) in [4.78, 5) is 23.0. The van der Waals surface area contributed by atoms with E-state index in [1.807, 2.05) is 0 Å². The predicted octanol–water partition coefficient (Wildman–Crippen LogP) is 4.00. The van der Waals surface area contributed by atoms with Crippen LogP contribution < -0.4 is 14.5 Å². The molecular formula is C35H31N5O16S4. The molecule has 1 aliphatic carbocycles. The first kappa shape index (κ1) is 43.6. The van der Waals surface area contributed by atoms with E-state index in [2.05, 4.69) is 15.3 Å². The van der Waals surface area contributed by atoms with Gasteiger partial charge in [0.2, 0.25) is 0 Å². The minimum absolute atomic E-state index is 0.000155. The number of benzene rings is 4. The smallest absolute Gasteiger partial charge is 0.310 e. The van der Waals surface area contributed by atoms with Crippen molar-refractivity contribution in [2.45, 2.75) is 53.2 Å². The molecule has 0 spiro atoms. The largest absolute Gasteiger partial charge is 0.424 e. The first-order valence-electron chi connectivity index (χ1n) is 17.0. The second-order valence-corrected chi connectivity index (χ2v) is 18.3. The third-order valence-corrected chi connectivity index (χ3v) is 12.3. The number of hydrogen-bond acceptors (Lipinski definition) is 16. The standard InChI is InChI=1S/C35H31N5O16S4/c1-5-18-8-9-21-23(12-19(57(43,44)45)14-30(21)59(49,50)51)34(18)37-39(4)26-16-29(56-33(42)7-3)27(17-28(26)55-32(41)6-2)40-36-25-11-10-22-24(35(25)38-40)13-20(58(46,47)48)15-31(22)60(52,53)54/h5,8-17H,6-7H2,1-4H3,(H,43,44,45)(H,46,47,48)(H,49,50,51)(H,52,53,54)/b18-5?,37-34+. The Balaban J connectivity index is 1.63. The van der Waals surface area contributed by atoms with Crippen molar-refractivity contribution >= 4 is 91.7 Å². The summed E-state index contributed by atoms with van der Waals surface area (Å²) in [6, 6.07) is 7.81. The molecule has 1 aliphatic rings. The lowest BCUT2D eigenvalue weighted by Crippen LogP contribution is -2.21. The first-order chi connectivity index (χ1) is 27.8. The van der Waals surface area contributed by atoms with Crippen LogP contribution in [0.5, 0.6) is 11.5 Å². The van der Waals surface area contributed by atoms with E-state index in [1.165, 1.54) is 63.4 Å². The summed E-state index contributed by atoms with van der Waals surface area (Å²) in [6.45, 7) is 4.56. The quantitative estimate of drug-likeness (QED) is 0.0630. The summed E-state index contributed by atoms with van der Waals surface area (Å²) >= 11 is 0. The molecular weight excluding hydrogens is 875 g/mol. The molecule has 0 radical (unpaired) electrons. The zero-order valence-electron chi connectivity index (χ0n) is 31.3. The molecule has 0 amide bonds. The van der Waals surface area contributed by atoms with Gasteiger partial charge in [0.25, 0.3) is 40.5 Å². The molecule has 6 rings (SSSR count). The predicted molar refractivity (Wildman–Crippen MR) is 212 cm³/mol. The molecule has 0 bridgehead atoms. The van der Waals surface area contributed by atoms with Gasteiger partial charge >= 0.3 is 11.9 Å². The van der Waals surface area contributed by atoms with Crippen LogP contribution in [-0.4, -0.2) is 91.6 Å². The van der Waals surface area contributed by atoms with E-state index in [-0.39, 0.29) is 74.4 Å². The summed E-state index contributed by atoms with van der Waals surface area (Å²) in [5.41, 5.74) is -0.609. The Morgan fingerprint density at radius 3 is 1.88 bits per heavy atom. The van der Waals surface area contributed by atoms with Crippen molar-refractivity contribution in [3.05, 3.63) is 77.4 Å². The second-order valence-electron chi connectivity index (χ2n) is 12.7. The first-order valence-corrected chi connectivity index (χ1v) is 22.8. The molecule has 0 saturated heterocycles. The Kier molecular flexibility index (Phi) is 11.3. The van der Waals surface area contributed by atoms with E-state index in [0.717, 1.165) is 21.9 Å². The number of carbonyl (C=O) groups excluding carboxylic acids is 2. The van der Waals surface area contributed by atoms with Crippen LogP contribution in [-0.2, 0) is 50.1 Å². The van der Waals surface area contributed by atoms with Gasteiger partial charge in [0, 0.05) is 53.9 Å². The van der Waals surface area contributed by atoms with Crippen molar-refractivity contribution in [3.63, 3.8) is 0 Å². The zero-order chi connectivity index (χ0) is 44.3. The fourth-order valence-corrected chi connectivity index (χ4v) is 8.69. The van der Waals surface area contributed by atoms with Gasteiger partial charge in [-0.05, 0) is 42.8 Å². The molecule has 0 atom stereocenters. The number of carbonyl (C=O) groups is 2. The fraction of sp³-hybridized carbons (Fsp3) is 0.171. The molecule has 0 aliphatic heterocycles. The van der Waals surface area contributed by atoms with Crippen molar-refractivity contribution in [2.75, 3.05) is 12.1 Å². The number of fused-ring (bicyclic) bond motifs is 4. The lowest BCUT2D eigenvalue weighted by Gasteiger charge is -2.24. The average molecular weight is 906 g/mol. The van der Waals surface area contributed by atoms with Crippen LogP contribution in [0.3, 0.4) is 0 Å².